The standard InChI is InChI=1S/C30H27F2NO/c1-2-17-34-27-15-14-24(29(31)19-27)10-8-22-9-16-28-26(18-22)13-12-25(30(28)32)11-7-21-3-5-23(20-33)6-4-21/h3-6,9,12-16,18-19H,2,7-8,10-11,17H2,1H3. The summed E-state index contributed by atoms with van der Waals surface area (Å²) in [7, 11) is 0. The van der Waals surface area contributed by atoms with Crippen LogP contribution in [0.3, 0.4) is 0 Å². The molecule has 0 spiro atoms. The number of fused-ring (bicyclic) bond motifs is 1. The molecule has 0 aromatic heterocycles. The fourth-order valence-corrected chi connectivity index (χ4v) is 4.08. The van der Waals surface area contributed by atoms with Crippen molar-refractivity contribution in [2.45, 2.75) is 39.0 Å². The Labute approximate surface area is 199 Å². The molecular formula is C30H27F2NO. The van der Waals surface area contributed by atoms with Crippen molar-refractivity contribution in [3.8, 4) is 11.8 Å². The van der Waals surface area contributed by atoms with Crippen LogP contribution in [0.1, 0.15) is 41.2 Å². The second-order valence-electron chi connectivity index (χ2n) is 8.50. The first kappa shape index (κ1) is 23.4. The average Bonchev–Trinajstić information content (AvgIpc) is 2.86. The molecule has 4 aromatic carbocycles. The van der Waals surface area contributed by atoms with Crippen molar-refractivity contribution in [1.82, 2.24) is 0 Å². The first-order valence-corrected chi connectivity index (χ1v) is 11.7. The molecule has 0 aliphatic rings. The number of rotatable bonds is 9. The molecule has 4 rings (SSSR count). The lowest BCUT2D eigenvalue weighted by Gasteiger charge is -2.10. The van der Waals surface area contributed by atoms with E-state index in [1.807, 2.05) is 55.5 Å². The van der Waals surface area contributed by atoms with Crippen LogP contribution in [-0.4, -0.2) is 6.61 Å². The molecule has 0 saturated carbocycles. The SMILES string of the molecule is CCCOc1ccc(CCc2ccc3c(F)c(CCc4ccc(C#N)cc4)ccc3c2)c(F)c1. The van der Waals surface area contributed by atoms with Gasteiger partial charge in [-0.3, -0.25) is 0 Å². The van der Waals surface area contributed by atoms with Crippen molar-refractivity contribution in [2.24, 2.45) is 0 Å². The smallest absolute Gasteiger partial charge is 0.134 e. The van der Waals surface area contributed by atoms with Gasteiger partial charge in [-0.1, -0.05) is 55.5 Å². The molecule has 0 atom stereocenters. The van der Waals surface area contributed by atoms with Gasteiger partial charge in [0, 0.05) is 11.5 Å². The molecule has 0 aliphatic carbocycles. The van der Waals surface area contributed by atoms with Crippen LogP contribution < -0.4 is 4.74 Å². The van der Waals surface area contributed by atoms with Gasteiger partial charge in [-0.2, -0.15) is 5.26 Å². The van der Waals surface area contributed by atoms with Gasteiger partial charge in [0.05, 0.1) is 18.2 Å². The molecule has 0 amide bonds. The Bertz CT molecular complexity index is 1320. The molecule has 0 heterocycles. The molecule has 0 fully saturated rings. The minimum Gasteiger partial charge on any atom is -0.494 e. The van der Waals surface area contributed by atoms with Gasteiger partial charge >= 0.3 is 0 Å². The van der Waals surface area contributed by atoms with Gasteiger partial charge < -0.3 is 4.74 Å². The number of aryl methyl sites for hydroxylation is 4. The van der Waals surface area contributed by atoms with E-state index in [0.717, 1.165) is 22.9 Å². The number of nitrogens with zero attached hydrogens (tertiary/aromatic N) is 1. The minimum absolute atomic E-state index is 0.189. The van der Waals surface area contributed by atoms with E-state index in [-0.39, 0.29) is 11.6 Å². The summed E-state index contributed by atoms with van der Waals surface area (Å²) in [5, 5.41) is 10.4. The van der Waals surface area contributed by atoms with E-state index in [0.29, 0.717) is 60.1 Å². The normalized spacial score (nSPS) is 10.9. The molecule has 2 nitrogen and oxygen atoms in total. The summed E-state index contributed by atoms with van der Waals surface area (Å²) >= 11 is 0. The monoisotopic (exact) mass is 455 g/mol. The Morgan fingerprint density at radius 3 is 2.21 bits per heavy atom. The summed E-state index contributed by atoms with van der Waals surface area (Å²) in [5.74, 6) is 0.109. The van der Waals surface area contributed by atoms with Crippen LogP contribution in [0.25, 0.3) is 10.8 Å². The van der Waals surface area contributed by atoms with Gasteiger partial charge in [-0.15, -0.1) is 0 Å². The molecule has 172 valence electrons. The van der Waals surface area contributed by atoms with Crippen LogP contribution in [0.15, 0.2) is 72.8 Å². The number of hydrogen-bond acceptors (Lipinski definition) is 2. The molecule has 0 N–H and O–H groups in total. The van der Waals surface area contributed by atoms with Gasteiger partial charge in [0.25, 0.3) is 0 Å². The third-order valence-electron chi connectivity index (χ3n) is 6.04. The lowest BCUT2D eigenvalue weighted by molar-refractivity contribution is 0.315. The average molecular weight is 456 g/mol. The van der Waals surface area contributed by atoms with Crippen LogP contribution in [0.5, 0.6) is 5.75 Å². The van der Waals surface area contributed by atoms with Crippen LogP contribution >= 0.6 is 0 Å². The number of halogens is 2. The summed E-state index contributed by atoms with van der Waals surface area (Å²) in [5.41, 5.74) is 4.07. The summed E-state index contributed by atoms with van der Waals surface area (Å²) in [4.78, 5) is 0. The zero-order chi connectivity index (χ0) is 23.9. The Hall–Kier alpha value is -3.71. The Kier molecular flexibility index (Phi) is 7.54. The maximum absolute atomic E-state index is 15.1. The van der Waals surface area contributed by atoms with Gasteiger partial charge in [0.15, 0.2) is 0 Å². The molecule has 0 radical (unpaired) electrons. The van der Waals surface area contributed by atoms with E-state index in [2.05, 4.69) is 6.07 Å². The van der Waals surface area contributed by atoms with Crippen molar-refractivity contribution >= 4 is 10.8 Å². The molecular weight excluding hydrogens is 428 g/mol. The van der Waals surface area contributed by atoms with E-state index in [9.17, 15) is 4.39 Å². The van der Waals surface area contributed by atoms with E-state index in [1.165, 1.54) is 6.07 Å². The minimum atomic E-state index is -0.257. The van der Waals surface area contributed by atoms with Crippen LogP contribution in [0.2, 0.25) is 0 Å². The number of hydrogen-bond donors (Lipinski definition) is 0. The van der Waals surface area contributed by atoms with Crippen LogP contribution in [-0.2, 0) is 25.7 Å². The Balaban J connectivity index is 1.42. The maximum atomic E-state index is 15.1. The molecule has 0 unspecified atom stereocenters. The third-order valence-corrected chi connectivity index (χ3v) is 6.04. The number of nitriles is 1. The largest absolute Gasteiger partial charge is 0.494 e. The maximum Gasteiger partial charge on any atom is 0.134 e. The first-order valence-electron chi connectivity index (χ1n) is 11.7. The quantitative estimate of drug-likeness (QED) is 0.264. The second-order valence-corrected chi connectivity index (χ2v) is 8.50. The molecule has 4 aromatic rings. The molecule has 0 aliphatic heterocycles. The number of ether oxygens (including phenoxy) is 1. The van der Waals surface area contributed by atoms with Crippen molar-refractivity contribution < 1.29 is 13.5 Å². The van der Waals surface area contributed by atoms with Crippen molar-refractivity contribution in [2.75, 3.05) is 6.61 Å². The highest BCUT2D eigenvalue weighted by molar-refractivity contribution is 5.84. The molecule has 34 heavy (non-hydrogen) atoms. The van der Waals surface area contributed by atoms with Crippen molar-refractivity contribution in [3.63, 3.8) is 0 Å². The lowest BCUT2D eigenvalue weighted by atomic mass is 9.97. The second kappa shape index (κ2) is 10.9. The fraction of sp³-hybridized carbons (Fsp3) is 0.233. The highest BCUT2D eigenvalue weighted by Gasteiger charge is 2.10. The third kappa shape index (κ3) is 5.61. The van der Waals surface area contributed by atoms with Crippen molar-refractivity contribution in [1.29, 1.82) is 5.26 Å². The summed E-state index contributed by atoms with van der Waals surface area (Å²) in [6, 6.07) is 24.1. The van der Waals surface area contributed by atoms with Gasteiger partial charge in [-0.05, 0) is 77.9 Å². The Morgan fingerprint density at radius 1 is 0.765 bits per heavy atom. The molecule has 0 saturated heterocycles. The molecule has 4 heteroatoms. The highest BCUT2D eigenvalue weighted by Crippen LogP contribution is 2.25. The zero-order valence-electron chi connectivity index (χ0n) is 19.3. The summed E-state index contributed by atoms with van der Waals surface area (Å²) < 4.78 is 35.1. The lowest BCUT2D eigenvalue weighted by Crippen LogP contribution is -1.99. The van der Waals surface area contributed by atoms with Gasteiger partial charge in [-0.25, -0.2) is 8.78 Å². The predicted molar refractivity (Wildman–Crippen MR) is 132 cm³/mol. The van der Waals surface area contributed by atoms with Gasteiger partial charge in [0.2, 0.25) is 0 Å². The predicted octanol–water partition coefficient (Wildman–Crippen LogP) is 7.35. The highest BCUT2D eigenvalue weighted by atomic mass is 19.1. The number of benzene rings is 4. The van der Waals surface area contributed by atoms with Crippen LogP contribution in [0, 0.1) is 23.0 Å². The summed E-state index contributed by atoms with van der Waals surface area (Å²) in [6.07, 6.45) is 3.41. The summed E-state index contributed by atoms with van der Waals surface area (Å²) in [6.45, 7) is 2.59. The fourth-order valence-electron chi connectivity index (χ4n) is 4.08. The zero-order valence-corrected chi connectivity index (χ0v) is 19.3. The van der Waals surface area contributed by atoms with Crippen molar-refractivity contribution in [3.05, 3.63) is 112 Å². The van der Waals surface area contributed by atoms with E-state index in [1.54, 1.807) is 18.2 Å². The van der Waals surface area contributed by atoms with E-state index < -0.39 is 0 Å². The Morgan fingerprint density at radius 2 is 1.47 bits per heavy atom. The van der Waals surface area contributed by atoms with Gasteiger partial charge in [0.1, 0.15) is 17.4 Å². The first-order chi connectivity index (χ1) is 16.6. The van der Waals surface area contributed by atoms with Crippen LogP contribution in [0.4, 0.5) is 8.78 Å². The van der Waals surface area contributed by atoms with E-state index >= 15 is 4.39 Å². The van der Waals surface area contributed by atoms with E-state index in [4.69, 9.17) is 10.00 Å². The topological polar surface area (TPSA) is 33.0 Å². The molecule has 0 bridgehead atoms.